The van der Waals surface area contributed by atoms with Gasteiger partial charge in [0.25, 0.3) is 0 Å². The van der Waals surface area contributed by atoms with E-state index in [0.29, 0.717) is 12.5 Å². The minimum atomic E-state index is -0.00621. The summed E-state index contributed by atoms with van der Waals surface area (Å²) in [5.74, 6) is 1.36. The van der Waals surface area contributed by atoms with Crippen LogP contribution in [0.15, 0.2) is 22.7 Å². The fraction of sp³-hybridized carbons (Fsp3) is 0.571. The van der Waals surface area contributed by atoms with Crippen molar-refractivity contribution < 1.29 is 9.47 Å². The van der Waals surface area contributed by atoms with Gasteiger partial charge >= 0.3 is 0 Å². The van der Waals surface area contributed by atoms with E-state index in [4.69, 9.17) is 21.1 Å². The molecule has 0 radical (unpaired) electrons. The van der Waals surface area contributed by atoms with Crippen LogP contribution in [0.4, 0.5) is 0 Å². The van der Waals surface area contributed by atoms with Crippen molar-refractivity contribution in [3.63, 3.8) is 0 Å². The lowest BCUT2D eigenvalue weighted by atomic mass is 10.1. The van der Waals surface area contributed by atoms with Gasteiger partial charge < -0.3 is 9.47 Å². The normalized spacial score (nSPS) is 22.1. The van der Waals surface area contributed by atoms with Gasteiger partial charge in [-0.25, -0.2) is 0 Å². The molecule has 0 bridgehead atoms. The molecule has 0 aromatic heterocycles. The number of benzene rings is 1. The molecule has 1 atom stereocenters. The van der Waals surface area contributed by atoms with E-state index in [0.717, 1.165) is 28.6 Å². The minimum absolute atomic E-state index is 0.00621. The zero-order valence-electron chi connectivity index (χ0n) is 10.7. The van der Waals surface area contributed by atoms with Crippen LogP contribution in [0.3, 0.4) is 0 Å². The first kappa shape index (κ1) is 14.2. The molecule has 2 rings (SSSR count). The molecule has 1 aromatic carbocycles. The van der Waals surface area contributed by atoms with E-state index < -0.39 is 0 Å². The summed E-state index contributed by atoms with van der Waals surface area (Å²) in [6, 6.07) is 5.91. The Bertz CT molecular complexity index is 420. The Labute approximate surface area is 122 Å². The van der Waals surface area contributed by atoms with Crippen molar-refractivity contribution in [2.75, 3.05) is 6.61 Å². The Balaban J connectivity index is 1.91. The third-order valence-electron chi connectivity index (χ3n) is 3.13. The van der Waals surface area contributed by atoms with E-state index in [1.807, 2.05) is 18.2 Å². The SMILES string of the molecule is CC1(C)CCC(COc2ccc(CCl)cc2Br)O1. The monoisotopic (exact) mass is 332 g/mol. The highest BCUT2D eigenvalue weighted by Gasteiger charge is 2.31. The predicted octanol–water partition coefficient (Wildman–Crippen LogP) is 4.52. The molecule has 1 fully saturated rings. The summed E-state index contributed by atoms with van der Waals surface area (Å²) in [4.78, 5) is 0. The summed E-state index contributed by atoms with van der Waals surface area (Å²) in [7, 11) is 0. The average Bonchev–Trinajstić information content (AvgIpc) is 2.67. The van der Waals surface area contributed by atoms with Crippen molar-refractivity contribution in [2.24, 2.45) is 0 Å². The van der Waals surface area contributed by atoms with Crippen molar-refractivity contribution in [1.29, 1.82) is 0 Å². The lowest BCUT2D eigenvalue weighted by Crippen LogP contribution is -2.23. The summed E-state index contributed by atoms with van der Waals surface area (Å²) < 4.78 is 12.6. The van der Waals surface area contributed by atoms with Gasteiger partial charge in [-0.2, -0.15) is 0 Å². The number of rotatable bonds is 4. The molecule has 1 unspecified atom stereocenters. The molecule has 0 N–H and O–H groups in total. The van der Waals surface area contributed by atoms with Gasteiger partial charge in [0.2, 0.25) is 0 Å². The quantitative estimate of drug-likeness (QED) is 0.754. The van der Waals surface area contributed by atoms with Gasteiger partial charge in [0.05, 0.1) is 16.2 Å². The second kappa shape index (κ2) is 5.81. The van der Waals surface area contributed by atoms with Crippen molar-refractivity contribution in [3.8, 4) is 5.75 Å². The average molecular weight is 334 g/mol. The minimum Gasteiger partial charge on any atom is -0.490 e. The molecular weight excluding hydrogens is 316 g/mol. The fourth-order valence-electron chi connectivity index (χ4n) is 2.12. The van der Waals surface area contributed by atoms with Crippen LogP contribution in [0.25, 0.3) is 0 Å². The van der Waals surface area contributed by atoms with E-state index in [-0.39, 0.29) is 11.7 Å². The van der Waals surface area contributed by atoms with E-state index >= 15 is 0 Å². The molecule has 1 aliphatic rings. The van der Waals surface area contributed by atoms with Gasteiger partial charge in [-0.15, -0.1) is 11.6 Å². The van der Waals surface area contributed by atoms with Crippen molar-refractivity contribution in [2.45, 2.75) is 44.3 Å². The molecule has 0 saturated carbocycles. The van der Waals surface area contributed by atoms with Crippen LogP contribution < -0.4 is 4.74 Å². The number of hydrogen-bond donors (Lipinski definition) is 0. The van der Waals surface area contributed by atoms with Crippen LogP contribution in [0.1, 0.15) is 32.3 Å². The van der Waals surface area contributed by atoms with E-state index in [9.17, 15) is 0 Å². The third-order valence-corrected chi connectivity index (χ3v) is 4.06. The summed E-state index contributed by atoms with van der Waals surface area (Å²) in [6.45, 7) is 4.85. The lowest BCUT2D eigenvalue weighted by Gasteiger charge is -2.19. The second-order valence-corrected chi connectivity index (χ2v) is 6.37. The Hall–Kier alpha value is -0.250. The smallest absolute Gasteiger partial charge is 0.133 e. The molecule has 1 saturated heterocycles. The standard InChI is InChI=1S/C14H18BrClO2/c1-14(2)6-5-11(18-14)9-17-13-4-3-10(8-16)7-12(13)15/h3-4,7,11H,5-6,8-9H2,1-2H3. The van der Waals surface area contributed by atoms with E-state index in [1.54, 1.807) is 0 Å². The zero-order valence-corrected chi connectivity index (χ0v) is 13.1. The van der Waals surface area contributed by atoms with Crippen LogP contribution in [-0.4, -0.2) is 18.3 Å². The Morgan fingerprint density at radius 2 is 2.28 bits per heavy atom. The Morgan fingerprint density at radius 1 is 1.50 bits per heavy atom. The number of halogens is 2. The van der Waals surface area contributed by atoms with Gasteiger partial charge in [-0.1, -0.05) is 6.07 Å². The number of alkyl halides is 1. The van der Waals surface area contributed by atoms with Crippen molar-refractivity contribution in [1.82, 2.24) is 0 Å². The molecule has 0 amide bonds. The first-order chi connectivity index (χ1) is 8.50. The maximum Gasteiger partial charge on any atom is 0.133 e. The first-order valence-electron chi connectivity index (χ1n) is 6.15. The topological polar surface area (TPSA) is 18.5 Å². The highest BCUT2D eigenvalue weighted by atomic mass is 79.9. The zero-order chi connectivity index (χ0) is 13.2. The molecule has 100 valence electrons. The lowest BCUT2D eigenvalue weighted by molar-refractivity contribution is -0.0327. The van der Waals surface area contributed by atoms with E-state index in [1.165, 1.54) is 0 Å². The molecule has 0 aliphatic carbocycles. The molecule has 4 heteroatoms. The first-order valence-corrected chi connectivity index (χ1v) is 7.48. The number of hydrogen-bond acceptors (Lipinski definition) is 2. The van der Waals surface area contributed by atoms with Crippen LogP contribution in [0, 0.1) is 0 Å². The summed E-state index contributed by atoms with van der Waals surface area (Å²) >= 11 is 9.28. The van der Waals surface area contributed by atoms with Gasteiger partial charge in [0.1, 0.15) is 12.4 Å². The number of ether oxygens (including phenoxy) is 2. The molecular formula is C14H18BrClO2. The highest BCUT2D eigenvalue weighted by Crippen LogP contribution is 2.31. The highest BCUT2D eigenvalue weighted by molar-refractivity contribution is 9.10. The van der Waals surface area contributed by atoms with Crippen LogP contribution >= 0.6 is 27.5 Å². The maximum atomic E-state index is 5.89. The maximum absolute atomic E-state index is 5.89. The van der Waals surface area contributed by atoms with Crippen LogP contribution in [0.5, 0.6) is 5.75 Å². The van der Waals surface area contributed by atoms with Gasteiger partial charge in [-0.3, -0.25) is 0 Å². The predicted molar refractivity (Wildman–Crippen MR) is 77.4 cm³/mol. The fourth-order valence-corrected chi connectivity index (χ4v) is 2.83. The Kier molecular flexibility index (Phi) is 4.57. The molecule has 18 heavy (non-hydrogen) atoms. The third kappa shape index (κ3) is 3.62. The summed E-state index contributed by atoms with van der Waals surface area (Å²) in [5.41, 5.74) is 1.07. The van der Waals surface area contributed by atoms with Gasteiger partial charge in [0.15, 0.2) is 0 Å². The molecule has 2 nitrogen and oxygen atoms in total. The van der Waals surface area contributed by atoms with Crippen LogP contribution in [0.2, 0.25) is 0 Å². The second-order valence-electron chi connectivity index (χ2n) is 5.25. The molecule has 1 aliphatic heterocycles. The van der Waals surface area contributed by atoms with Crippen molar-refractivity contribution in [3.05, 3.63) is 28.2 Å². The van der Waals surface area contributed by atoms with Crippen LogP contribution in [-0.2, 0) is 10.6 Å². The molecule has 1 aromatic rings. The molecule has 0 spiro atoms. The van der Waals surface area contributed by atoms with Gasteiger partial charge in [0, 0.05) is 5.88 Å². The summed E-state index contributed by atoms with van der Waals surface area (Å²) in [6.07, 6.45) is 2.34. The largest absolute Gasteiger partial charge is 0.490 e. The van der Waals surface area contributed by atoms with Crippen molar-refractivity contribution >= 4 is 27.5 Å². The summed E-state index contributed by atoms with van der Waals surface area (Å²) in [5, 5.41) is 0. The van der Waals surface area contributed by atoms with Gasteiger partial charge in [-0.05, 0) is 60.3 Å². The van der Waals surface area contributed by atoms with E-state index in [2.05, 4.69) is 29.8 Å². The Morgan fingerprint density at radius 3 is 2.83 bits per heavy atom. The molecule has 1 heterocycles.